The van der Waals surface area contributed by atoms with Gasteiger partial charge in [-0.05, 0) is 44.1 Å². The second kappa shape index (κ2) is 8.48. The van der Waals surface area contributed by atoms with Crippen LogP contribution in [0.15, 0.2) is 0 Å². The summed E-state index contributed by atoms with van der Waals surface area (Å²) in [7, 11) is 0. The van der Waals surface area contributed by atoms with Crippen LogP contribution >= 0.6 is 0 Å². The molecule has 4 heteroatoms. The quantitative estimate of drug-likeness (QED) is 0.710. The number of hydrogen-bond donors (Lipinski definition) is 1. The summed E-state index contributed by atoms with van der Waals surface area (Å²) in [6.45, 7) is 6.03. The lowest BCUT2D eigenvalue weighted by atomic mass is 9.94. The van der Waals surface area contributed by atoms with Crippen LogP contribution in [0, 0.1) is 11.8 Å². The highest BCUT2D eigenvalue weighted by molar-refractivity contribution is 5.69. The number of ether oxygens (including phenoxy) is 2. The van der Waals surface area contributed by atoms with E-state index >= 15 is 0 Å². The number of hydrogen-bond acceptors (Lipinski definition) is 4. The maximum atomic E-state index is 11.7. The highest BCUT2D eigenvalue weighted by Gasteiger charge is 2.18. The van der Waals surface area contributed by atoms with Gasteiger partial charge in [-0.2, -0.15) is 0 Å². The number of carbonyl (C=O) groups is 1. The van der Waals surface area contributed by atoms with Crippen molar-refractivity contribution in [3.63, 3.8) is 0 Å². The Morgan fingerprint density at radius 1 is 1.44 bits per heavy atom. The van der Waals surface area contributed by atoms with Crippen molar-refractivity contribution >= 4 is 5.97 Å². The maximum absolute atomic E-state index is 11.7. The van der Waals surface area contributed by atoms with Gasteiger partial charge < -0.3 is 15.2 Å². The monoisotopic (exact) mass is 257 g/mol. The van der Waals surface area contributed by atoms with Crippen molar-refractivity contribution in [1.82, 2.24) is 0 Å². The van der Waals surface area contributed by atoms with Crippen molar-refractivity contribution in [2.45, 2.75) is 52.1 Å². The van der Waals surface area contributed by atoms with Crippen LogP contribution < -0.4 is 5.73 Å². The molecule has 0 spiro atoms. The molecular weight excluding hydrogens is 230 g/mol. The molecule has 0 aromatic rings. The first-order chi connectivity index (χ1) is 8.61. The summed E-state index contributed by atoms with van der Waals surface area (Å²) in [6.07, 6.45) is 4.80. The largest absolute Gasteiger partial charge is 0.463 e. The summed E-state index contributed by atoms with van der Waals surface area (Å²) in [6, 6.07) is 0. The first-order valence-electron chi connectivity index (χ1n) is 7.09. The van der Waals surface area contributed by atoms with Crippen molar-refractivity contribution < 1.29 is 14.3 Å². The van der Waals surface area contributed by atoms with Crippen molar-refractivity contribution in [2.75, 3.05) is 19.8 Å². The van der Waals surface area contributed by atoms with E-state index in [0.717, 1.165) is 25.9 Å². The van der Waals surface area contributed by atoms with Crippen molar-refractivity contribution in [2.24, 2.45) is 17.6 Å². The Morgan fingerprint density at radius 2 is 2.22 bits per heavy atom. The van der Waals surface area contributed by atoms with Gasteiger partial charge in [0.15, 0.2) is 0 Å². The first-order valence-corrected chi connectivity index (χ1v) is 7.09. The molecule has 2 N–H and O–H groups in total. The van der Waals surface area contributed by atoms with Gasteiger partial charge in [0.2, 0.25) is 0 Å². The maximum Gasteiger partial charge on any atom is 0.306 e. The van der Waals surface area contributed by atoms with Gasteiger partial charge in [0.05, 0.1) is 6.10 Å². The standard InChI is InChI=1S/C14H27NO3/c1-11(2)7-12(9-15)8-14(16)18-10-13-5-3-4-6-17-13/h11-13H,3-10,15H2,1-2H3/t12-,13?/m0/s1. The molecule has 4 nitrogen and oxygen atoms in total. The van der Waals surface area contributed by atoms with Crippen LogP contribution in [0.25, 0.3) is 0 Å². The van der Waals surface area contributed by atoms with E-state index in [1.807, 2.05) is 0 Å². The molecule has 0 saturated carbocycles. The average molecular weight is 257 g/mol. The van der Waals surface area contributed by atoms with Crippen LogP contribution in [0.1, 0.15) is 46.0 Å². The number of esters is 1. The predicted molar refractivity (Wildman–Crippen MR) is 71.2 cm³/mol. The van der Waals surface area contributed by atoms with E-state index < -0.39 is 0 Å². The summed E-state index contributed by atoms with van der Waals surface area (Å²) in [4.78, 5) is 11.7. The molecule has 0 aromatic carbocycles. The number of rotatable bonds is 7. The molecule has 0 aliphatic carbocycles. The Hall–Kier alpha value is -0.610. The minimum atomic E-state index is -0.139. The third-order valence-electron chi connectivity index (χ3n) is 3.30. The van der Waals surface area contributed by atoms with Gasteiger partial charge in [0.25, 0.3) is 0 Å². The van der Waals surface area contributed by atoms with Crippen LogP contribution in [0.5, 0.6) is 0 Å². The predicted octanol–water partition coefficient (Wildman–Crippen LogP) is 2.11. The zero-order valence-electron chi connectivity index (χ0n) is 11.7. The van der Waals surface area contributed by atoms with E-state index in [1.54, 1.807) is 0 Å². The normalized spacial score (nSPS) is 21.9. The van der Waals surface area contributed by atoms with E-state index in [2.05, 4.69) is 13.8 Å². The molecule has 1 unspecified atom stereocenters. The van der Waals surface area contributed by atoms with Gasteiger partial charge in [-0.15, -0.1) is 0 Å². The van der Waals surface area contributed by atoms with E-state index in [1.165, 1.54) is 6.42 Å². The average Bonchev–Trinajstić information content (AvgIpc) is 2.36. The second-order valence-corrected chi connectivity index (χ2v) is 5.61. The fourth-order valence-electron chi connectivity index (χ4n) is 2.35. The van der Waals surface area contributed by atoms with E-state index in [-0.39, 0.29) is 18.0 Å². The molecule has 2 atom stereocenters. The smallest absolute Gasteiger partial charge is 0.306 e. The summed E-state index contributed by atoms with van der Waals surface area (Å²) in [5.41, 5.74) is 5.68. The van der Waals surface area contributed by atoms with Gasteiger partial charge in [-0.25, -0.2) is 0 Å². The van der Waals surface area contributed by atoms with E-state index in [9.17, 15) is 4.79 Å². The summed E-state index contributed by atoms with van der Waals surface area (Å²) in [5.74, 6) is 0.665. The lowest BCUT2D eigenvalue weighted by Crippen LogP contribution is -2.27. The molecule has 0 bridgehead atoms. The second-order valence-electron chi connectivity index (χ2n) is 5.61. The van der Waals surface area contributed by atoms with Crippen LogP contribution in [0.2, 0.25) is 0 Å². The zero-order chi connectivity index (χ0) is 13.4. The van der Waals surface area contributed by atoms with Crippen LogP contribution in [-0.4, -0.2) is 31.8 Å². The molecule has 1 rings (SSSR count). The molecule has 18 heavy (non-hydrogen) atoms. The van der Waals surface area contributed by atoms with Crippen LogP contribution in [0.4, 0.5) is 0 Å². The van der Waals surface area contributed by atoms with Gasteiger partial charge >= 0.3 is 5.97 Å². The van der Waals surface area contributed by atoms with Gasteiger partial charge in [0.1, 0.15) is 6.61 Å². The Kier molecular flexibility index (Phi) is 7.28. The highest BCUT2D eigenvalue weighted by atomic mass is 16.6. The van der Waals surface area contributed by atoms with Gasteiger partial charge in [-0.1, -0.05) is 13.8 Å². The molecule has 0 amide bonds. The van der Waals surface area contributed by atoms with Crippen LogP contribution in [-0.2, 0) is 14.3 Å². The van der Waals surface area contributed by atoms with Crippen LogP contribution in [0.3, 0.4) is 0 Å². The zero-order valence-corrected chi connectivity index (χ0v) is 11.7. The molecular formula is C14H27NO3. The van der Waals surface area contributed by atoms with Crippen molar-refractivity contribution in [3.05, 3.63) is 0 Å². The third-order valence-corrected chi connectivity index (χ3v) is 3.30. The first kappa shape index (κ1) is 15.4. The highest BCUT2D eigenvalue weighted by Crippen LogP contribution is 2.16. The molecule has 1 aliphatic rings. The molecule has 1 aliphatic heterocycles. The molecule has 0 radical (unpaired) electrons. The summed E-state index contributed by atoms with van der Waals surface area (Å²) >= 11 is 0. The number of nitrogens with two attached hydrogens (primary N) is 1. The SMILES string of the molecule is CC(C)C[C@H](CN)CC(=O)OCC1CCCCO1. The molecule has 1 fully saturated rings. The topological polar surface area (TPSA) is 61.6 Å². The number of carbonyl (C=O) groups excluding carboxylic acids is 1. The van der Waals surface area contributed by atoms with E-state index in [0.29, 0.717) is 25.5 Å². The van der Waals surface area contributed by atoms with E-state index in [4.69, 9.17) is 15.2 Å². The minimum Gasteiger partial charge on any atom is -0.463 e. The Morgan fingerprint density at radius 3 is 2.78 bits per heavy atom. The Bertz CT molecular complexity index is 237. The molecule has 1 saturated heterocycles. The fraction of sp³-hybridized carbons (Fsp3) is 0.929. The summed E-state index contributed by atoms with van der Waals surface area (Å²) < 4.78 is 10.8. The summed E-state index contributed by atoms with van der Waals surface area (Å²) in [5, 5.41) is 0. The minimum absolute atomic E-state index is 0.101. The van der Waals surface area contributed by atoms with Gasteiger partial charge in [-0.3, -0.25) is 4.79 Å². The fourth-order valence-corrected chi connectivity index (χ4v) is 2.35. The molecule has 1 heterocycles. The molecule has 106 valence electrons. The lowest BCUT2D eigenvalue weighted by molar-refractivity contribution is -0.150. The lowest BCUT2D eigenvalue weighted by Gasteiger charge is -2.22. The Labute approximate surface area is 110 Å². The van der Waals surface area contributed by atoms with Crippen molar-refractivity contribution in [1.29, 1.82) is 0 Å². The van der Waals surface area contributed by atoms with Crippen molar-refractivity contribution in [3.8, 4) is 0 Å². The van der Waals surface area contributed by atoms with Gasteiger partial charge in [0, 0.05) is 13.0 Å². The molecule has 0 aromatic heterocycles. The Balaban J connectivity index is 2.18. The third kappa shape index (κ3) is 6.36.